The Bertz CT molecular complexity index is 452. The van der Waals surface area contributed by atoms with Crippen LogP contribution in [-0.2, 0) is 18.9 Å². The lowest BCUT2D eigenvalue weighted by atomic mass is 9.74. The van der Waals surface area contributed by atoms with Crippen molar-refractivity contribution in [1.29, 1.82) is 0 Å². The maximum absolute atomic E-state index is 6.50. The largest absolute Gasteiger partial charge is 0.384 e. The number of ether oxygens (including phenoxy) is 4. The zero-order chi connectivity index (χ0) is 21.6. The highest BCUT2D eigenvalue weighted by Crippen LogP contribution is 2.39. The molecule has 0 aromatic rings. The van der Waals surface area contributed by atoms with Gasteiger partial charge in [-0.1, -0.05) is 54.9 Å². The second kappa shape index (κ2) is 12.0. The first-order chi connectivity index (χ1) is 13.9. The summed E-state index contributed by atoms with van der Waals surface area (Å²) in [6.07, 6.45) is 5.62. The van der Waals surface area contributed by atoms with E-state index in [-0.39, 0.29) is 12.2 Å². The molecular formula is C25H48O4. The van der Waals surface area contributed by atoms with Crippen LogP contribution in [0.1, 0.15) is 74.1 Å². The van der Waals surface area contributed by atoms with E-state index in [9.17, 15) is 0 Å². The molecule has 4 nitrogen and oxygen atoms in total. The van der Waals surface area contributed by atoms with Crippen molar-refractivity contribution in [2.45, 2.75) is 98.6 Å². The van der Waals surface area contributed by atoms with Gasteiger partial charge in [-0.15, -0.1) is 0 Å². The summed E-state index contributed by atoms with van der Waals surface area (Å²) >= 11 is 0. The Labute approximate surface area is 180 Å². The van der Waals surface area contributed by atoms with Crippen LogP contribution in [0.2, 0.25) is 0 Å². The Balaban J connectivity index is 1.92. The van der Waals surface area contributed by atoms with Crippen LogP contribution in [0.4, 0.5) is 0 Å². The van der Waals surface area contributed by atoms with Gasteiger partial charge in [0.25, 0.3) is 0 Å². The van der Waals surface area contributed by atoms with Crippen LogP contribution in [0.15, 0.2) is 0 Å². The SMILES string of the molecule is CCC[C@@H]1O[C@@H](CC)[C@@H](COC[C@@H]2OC(CC)[C@@H](COC)[C@@H](C)C2C)C(C)C1C. The number of methoxy groups -OCH3 is 1. The summed E-state index contributed by atoms with van der Waals surface area (Å²) in [5, 5.41) is 0. The van der Waals surface area contributed by atoms with Crippen molar-refractivity contribution in [1.82, 2.24) is 0 Å². The molecule has 0 amide bonds. The molecule has 2 saturated heterocycles. The van der Waals surface area contributed by atoms with Crippen molar-refractivity contribution in [3.05, 3.63) is 0 Å². The zero-order valence-corrected chi connectivity index (χ0v) is 20.4. The minimum atomic E-state index is 0.174. The third-order valence-electron chi connectivity index (χ3n) is 8.17. The number of rotatable bonds is 10. The molecular weight excluding hydrogens is 364 g/mol. The third kappa shape index (κ3) is 5.96. The molecule has 0 spiro atoms. The van der Waals surface area contributed by atoms with Crippen LogP contribution in [-0.4, -0.2) is 51.3 Å². The van der Waals surface area contributed by atoms with Crippen molar-refractivity contribution in [2.75, 3.05) is 26.9 Å². The molecule has 4 heteroatoms. The lowest BCUT2D eigenvalue weighted by Crippen LogP contribution is -2.50. The van der Waals surface area contributed by atoms with Gasteiger partial charge >= 0.3 is 0 Å². The first kappa shape index (κ1) is 25.1. The minimum absolute atomic E-state index is 0.174. The minimum Gasteiger partial charge on any atom is -0.384 e. The molecule has 0 aromatic heterocycles. The molecule has 172 valence electrons. The van der Waals surface area contributed by atoms with E-state index in [4.69, 9.17) is 18.9 Å². The van der Waals surface area contributed by atoms with E-state index in [1.54, 1.807) is 7.11 Å². The second-order valence-corrected chi connectivity index (χ2v) is 9.79. The van der Waals surface area contributed by atoms with Gasteiger partial charge in [0.05, 0.1) is 44.2 Å². The van der Waals surface area contributed by atoms with E-state index in [2.05, 4.69) is 48.5 Å². The first-order valence-corrected chi connectivity index (χ1v) is 12.3. The van der Waals surface area contributed by atoms with Crippen LogP contribution in [0.25, 0.3) is 0 Å². The summed E-state index contributed by atoms with van der Waals surface area (Å²) in [5.41, 5.74) is 0. The van der Waals surface area contributed by atoms with Gasteiger partial charge in [0.1, 0.15) is 0 Å². The molecule has 10 atom stereocenters. The van der Waals surface area contributed by atoms with Gasteiger partial charge in [-0.25, -0.2) is 0 Å². The van der Waals surface area contributed by atoms with E-state index in [1.807, 2.05) is 0 Å². The molecule has 0 aromatic carbocycles. The summed E-state index contributed by atoms with van der Waals surface area (Å²) in [4.78, 5) is 0. The molecule has 2 fully saturated rings. The normalized spacial score (nSPS) is 43.4. The Hall–Kier alpha value is -0.160. The predicted octanol–water partition coefficient (Wildman–Crippen LogP) is 5.58. The Morgan fingerprint density at radius 3 is 1.66 bits per heavy atom. The van der Waals surface area contributed by atoms with Gasteiger partial charge < -0.3 is 18.9 Å². The molecule has 2 aliphatic rings. The second-order valence-electron chi connectivity index (χ2n) is 9.79. The van der Waals surface area contributed by atoms with Gasteiger partial charge in [0, 0.05) is 18.9 Å². The zero-order valence-electron chi connectivity index (χ0n) is 20.4. The molecule has 0 bridgehead atoms. The third-order valence-corrected chi connectivity index (χ3v) is 8.17. The highest BCUT2D eigenvalue weighted by molar-refractivity contribution is 4.89. The maximum atomic E-state index is 6.50. The van der Waals surface area contributed by atoms with Crippen molar-refractivity contribution in [3.63, 3.8) is 0 Å². The van der Waals surface area contributed by atoms with Gasteiger partial charge in [-0.2, -0.15) is 0 Å². The Morgan fingerprint density at radius 2 is 1.14 bits per heavy atom. The fraction of sp³-hybridized carbons (Fsp3) is 1.00. The monoisotopic (exact) mass is 412 g/mol. The maximum Gasteiger partial charge on any atom is 0.0840 e. The van der Waals surface area contributed by atoms with E-state index in [0.717, 1.165) is 26.1 Å². The fourth-order valence-corrected chi connectivity index (χ4v) is 5.67. The topological polar surface area (TPSA) is 36.9 Å². The lowest BCUT2D eigenvalue weighted by Gasteiger charge is -2.46. The van der Waals surface area contributed by atoms with Crippen molar-refractivity contribution >= 4 is 0 Å². The van der Waals surface area contributed by atoms with E-state index in [1.165, 1.54) is 12.8 Å². The van der Waals surface area contributed by atoms with Gasteiger partial charge in [0.2, 0.25) is 0 Å². The fourth-order valence-electron chi connectivity index (χ4n) is 5.67. The van der Waals surface area contributed by atoms with Gasteiger partial charge in [0.15, 0.2) is 0 Å². The van der Waals surface area contributed by atoms with Crippen LogP contribution in [0.5, 0.6) is 0 Å². The van der Waals surface area contributed by atoms with Crippen molar-refractivity contribution in [2.24, 2.45) is 35.5 Å². The average Bonchev–Trinajstić information content (AvgIpc) is 2.72. The summed E-state index contributed by atoms with van der Waals surface area (Å²) < 4.78 is 24.8. The summed E-state index contributed by atoms with van der Waals surface area (Å²) in [6.45, 7) is 18.4. The van der Waals surface area contributed by atoms with Crippen LogP contribution in [0, 0.1) is 35.5 Å². The van der Waals surface area contributed by atoms with E-state index in [0.29, 0.717) is 54.3 Å². The summed E-state index contributed by atoms with van der Waals surface area (Å²) in [5.74, 6) is 3.23. The lowest BCUT2D eigenvalue weighted by molar-refractivity contribution is -0.185. The van der Waals surface area contributed by atoms with Crippen LogP contribution < -0.4 is 0 Å². The quantitative estimate of drug-likeness (QED) is 0.469. The summed E-state index contributed by atoms with van der Waals surface area (Å²) in [7, 11) is 1.79. The smallest absolute Gasteiger partial charge is 0.0840 e. The molecule has 2 aliphatic heterocycles. The van der Waals surface area contributed by atoms with E-state index >= 15 is 0 Å². The van der Waals surface area contributed by atoms with Crippen molar-refractivity contribution in [3.8, 4) is 0 Å². The molecule has 0 N–H and O–H groups in total. The molecule has 2 rings (SSSR count). The van der Waals surface area contributed by atoms with Gasteiger partial charge in [-0.05, 0) is 42.9 Å². The van der Waals surface area contributed by atoms with E-state index < -0.39 is 0 Å². The molecule has 4 unspecified atom stereocenters. The summed E-state index contributed by atoms with van der Waals surface area (Å²) in [6, 6.07) is 0. The highest BCUT2D eigenvalue weighted by atomic mass is 16.5. The molecule has 0 radical (unpaired) electrons. The molecule has 29 heavy (non-hydrogen) atoms. The van der Waals surface area contributed by atoms with Crippen LogP contribution in [0.3, 0.4) is 0 Å². The number of hydrogen-bond donors (Lipinski definition) is 0. The Kier molecular flexibility index (Phi) is 10.4. The standard InChI is InChI=1S/C25H48O4/c1-9-12-24-18(6)16(4)21(23(11-3)28-24)14-27-15-25-19(7)17(5)20(13-26-8)22(10-2)29-25/h16-25H,9-15H2,1-8H3/t16?,17-,18?,19?,20-,21-,22?,23-,24-,25-/m0/s1. The van der Waals surface area contributed by atoms with Crippen molar-refractivity contribution < 1.29 is 18.9 Å². The first-order valence-electron chi connectivity index (χ1n) is 12.3. The van der Waals surface area contributed by atoms with Gasteiger partial charge in [-0.3, -0.25) is 0 Å². The number of hydrogen-bond acceptors (Lipinski definition) is 4. The molecule has 0 aliphatic carbocycles. The average molecular weight is 413 g/mol. The van der Waals surface area contributed by atoms with Crippen LogP contribution >= 0.6 is 0 Å². The predicted molar refractivity (Wildman–Crippen MR) is 119 cm³/mol. The molecule has 0 saturated carbocycles. The molecule has 2 heterocycles. The Morgan fingerprint density at radius 1 is 0.621 bits per heavy atom. The highest BCUT2D eigenvalue weighted by Gasteiger charge is 2.42.